The molecule has 0 heterocycles. The van der Waals surface area contributed by atoms with Crippen LogP contribution < -0.4 is 0 Å². The molecule has 0 fully saturated rings. The Kier molecular flexibility index (Phi) is 4.80. The summed E-state index contributed by atoms with van der Waals surface area (Å²) in [6, 6.07) is 5.52. The van der Waals surface area contributed by atoms with Gasteiger partial charge in [0, 0.05) is 17.2 Å². The predicted molar refractivity (Wildman–Crippen MR) is 65.1 cm³/mol. The van der Waals surface area contributed by atoms with Crippen LogP contribution in [0.15, 0.2) is 18.2 Å². The van der Waals surface area contributed by atoms with Crippen molar-refractivity contribution in [3.63, 3.8) is 0 Å². The first-order valence-corrected chi connectivity index (χ1v) is 5.73. The maximum Gasteiger partial charge on any atom is 0.0621 e. The number of hydrogen-bond donors (Lipinski definition) is 0. The maximum absolute atomic E-state index is 6.02. The zero-order valence-corrected chi connectivity index (χ0v) is 10.7. The molecule has 0 saturated heterocycles. The van der Waals surface area contributed by atoms with Crippen LogP contribution in [0.4, 0.5) is 0 Å². The summed E-state index contributed by atoms with van der Waals surface area (Å²) in [5.41, 5.74) is 1.06. The Morgan fingerprint density at radius 2 is 2.15 bits per heavy atom. The van der Waals surface area contributed by atoms with E-state index in [0.717, 1.165) is 5.56 Å². The van der Waals surface area contributed by atoms with Gasteiger partial charge in [-0.25, -0.2) is 0 Å². The van der Waals surface area contributed by atoms with E-state index >= 15 is 0 Å². The molecule has 0 radical (unpaired) electrons. The third-order valence-corrected chi connectivity index (χ3v) is 3.21. The van der Waals surface area contributed by atoms with Crippen molar-refractivity contribution in [3.8, 4) is 0 Å². The van der Waals surface area contributed by atoms with Gasteiger partial charge in [0.25, 0.3) is 0 Å². The molecule has 0 N–H and O–H groups in total. The molecule has 1 atom stereocenters. The van der Waals surface area contributed by atoms with Gasteiger partial charge in [0.15, 0.2) is 0 Å². The van der Waals surface area contributed by atoms with Gasteiger partial charge in [-0.1, -0.05) is 51.9 Å². The highest BCUT2D eigenvalue weighted by atomic mass is 127. The van der Waals surface area contributed by atoms with Gasteiger partial charge in [0.05, 0.1) is 10.5 Å². The number of ether oxygens (including phenoxy) is 1. The lowest BCUT2D eigenvalue weighted by molar-refractivity contribution is 0.203. The van der Waals surface area contributed by atoms with Gasteiger partial charge in [-0.2, -0.15) is 0 Å². The third-order valence-electron chi connectivity index (χ3n) is 1.61. The van der Waals surface area contributed by atoms with Gasteiger partial charge in [-0.3, -0.25) is 0 Å². The van der Waals surface area contributed by atoms with E-state index in [9.17, 15) is 0 Å². The summed E-state index contributed by atoms with van der Waals surface area (Å²) in [5, 5.41) is 1.36. The van der Waals surface area contributed by atoms with Crippen LogP contribution in [0.3, 0.4) is 0 Å². The lowest BCUT2D eigenvalue weighted by Crippen LogP contribution is -1.99. The van der Waals surface area contributed by atoms with E-state index in [2.05, 4.69) is 22.6 Å². The van der Waals surface area contributed by atoms with Gasteiger partial charge in [0.1, 0.15) is 0 Å². The molecule has 1 aromatic rings. The topological polar surface area (TPSA) is 9.23 Å². The molecule has 0 aromatic heterocycles. The number of halogens is 3. The van der Waals surface area contributed by atoms with Crippen LogP contribution in [0.2, 0.25) is 10.0 Å². The smallest absolute Gasteiger partial charge is 0.0621 e. The molecule has 13 heavy (non-hydrogen) atoms. The van der Waals surface area contributed by atoms with Crippen LogP contribution in [0.5, 0.6) is 0 Å². The Labute approximate surface area is 102 Å². The van der Waals surface area contributed by atoms with E-state index < -0.39 is 0 Å². The minimum atomic E-state index is 0.271. The Morgan fingerprint density at radius 1 is 1.46 bits per heavy atom. The molecule has 0 unspecified atom stereocenters. The summed E-state index contributed by atoms with van der Waals surface area (Å²) >= 11 is 14.1. The standard InChI is InChI=1S/C9H9Cl2IO/c1-13-5-9(12)7-3-2-6(10)4-8(7)11/h2-4,9H,5H2,1H3/t9-/m1/s1. The van der Waals surface area contributed by atoms with E-state index in [1.54, 1.807) is 13.2 Å². The number of alkyl halides is 1. The van der Waals surface area contributed by atoms with Gasteiger partial charge in [-0.15, -0.1) is 0 Å². The van der Waals surface area contributed by atoms with Crippen LogP contribution in [0, 0.1) is 0 Å². The third kappa shape index (κ3) is 3.27. The van der Waals surface area contributed by atoms with Crippen molar-refractivity contribution in [1.29, 1.82) is 0 Å². The molecule has 1 rings (SSSR count). The molecule has 0 aliphatic carbocycles. The fraction of sp³-hybridized carbons (Fsp3) is 0.333. The Morgan fingerprint density at radius 3 is 2.69 bits per heavy atom. The van der Waals surface area contributed by atoms with E-state index in [1.165, 1.54) is 0 Å². The first kappa shape index (κ1) is 11.6. The monoisotopic (exact) mass is 330 g/mol. The van der Waals surface area contributed by atoms with E-state index in [4.69, 9.17) is 27.9 Å². The lowest BCUT2D eigenvalue weighted by Gasteiger charge is -2.10. The fourth-order valence-corrected chi connectivity index (χ4v) is 2.62. The van der Waals surface area contributed by atoms with Crippen LogP contribution in [0.1, 0.15) is 9.49 Å². The fourth-order valence-electron chi connectivity index (χ4n) is 0.992. The van der Waals surface area contributed by atoms with Crippen LogP contribution in [-0.2, 0) is 4.74 Å². The van der Waals surface area contributed by atoms with Crippen LogP contribution >= 0.6 is 45.8 Å². The van der Waals surface area contributed by atoms with E-state index in [0.29, 0.717) is 16.7 Å². The quantitative estimate of drug-likeness (QED) is 0.598. The summed E-state index contributed by atoms with van der Waals surface area (Å²) in [6.45, 7) is 0.655. The summed E-state index contributed by atoms with van der Waals surface area (Å²) in [5.74, 6) is 0. The summed E-state index contributed by atoms with van der Waals surface area (Å²) in [4.78, 5) is 0. The largest absolute Gasteiger partial charge is 0.383 e. The minimum absolute atomic E-state index is 0.271. The highest BCUT2D eigenvalue weighted by Crippen LogP contribution is 2.31. The van der Waals surface area contributed by atoms with Crippen molar-refractivity contribution in [1.82, 2.24) is 0 Å². The SMILES string of the molecule is COC[C@@H](I)c1ccc(Cl)cc1Cl. The zero-order valence-electron chi connectivity index (χ0n) is 7.06. The van der Waals surface area contributed by atoms with E-state index in [1.807, 2.05) is 12.1 Å². The number of rotatable bonds is 3. The van der Waals surface area contributed by atoms with Gasteiger partial charge in [0.2, 0.25) is 0 Å². The van der Waals surface area contributed by atoms with Crippen LogP contribution in [0.25, 0.3) is 0 Å². The zero-order chi connectivity index (χ0) is 9.84. The molecule has 0 aliphatic rings. The number of benzene rings is 1. The van der Waals surface area contributed by atoms with Gasteiger partial charge < -0.3 is 4.74 Å². The van der Waals surface area contributed by atoms with Crippen molar-refractivity contribution in [2.75, 3.05) is 13.7 Å². The van der Waals surface area contributed by atoms with Crippen molar-refractivity contribution in [2.24, 2.45) is 0 Å². The molecule has 0 spiro atoms. The second-order valence-electron chi connectivity index (χ2n) is 2.59. The summed E-state index contributed by atoms with van der Waals surface area (Å²) < 4.78 is 5.31. The molecule has 0 amide bonds. The van der Waals surface area contributed by atoms with Crippen molar-refractivity contribution < 1.29 is 4.74 Å². The van der Waals surface area contributed by atoms with Gasteiger partial charge in [-0.05, 0) is 17.7 Å². The second-order valence-corrected chi connectivity index (χ2v) is 4.94. The molecule has 0 saturated carbocycles. The first-order valence-electron chi connectivity index (χ1n) is 3.73. The van der Waals surface area contributed by atoms with Crippen molar-refractivity contribution >= 4 is 45.8 Å². The lowest BCUT2D eigenvalue weighted by atomic mass is 10.2. The molecule has 1 nitrogen and oxygen atoms in total. The van der Waals surface area contributed by atoms with Gasteiger partial charge >= 0.3 is 0 Å². The molecule has 1 aromatic carbocycles. The molecule has 4 heteroatoms. The number of hydrogen-bond acceptors (Lipinski definition) is 1. The molecular weight excluding hydrogens is 322 g/mol. The Hall–Kier alpha value is 0.490. The second kappa shape index (κ2) is 5.39. The average molecular weight is 331 g/mol. The van der Waals surface area contributed by atoms with Crippen LogP contribution in [-0.4, -0.2) is 13.7 Å². The maximum atomic E-state index is 6.02. The molecule has 0 aliphatic heterocycles. The Balaban J connectivity index is 2.88. The average Bonchev–Trinajstić information content (AvgIpc) is 2.04. The Bertz CT molecular complexity index is 291. The molecule has 72 valence electrons. The van der Waals surface area contributed by atoms with Crippen molar-refractivity contribution in [3.05, 3.63) is 33.8 Å². The molecular formula is C9H9Cl2IO. The predicted octanol–water partition coefficient (Wildman–Crippen LogP) is 4.12. The normalized spacial score (nSPS) is 12.9. The van der Waals surface area contributed by atoms with E-state index in [-0.39, 0.29) is 3.92 Å². The summed E-state index contributed by atoms with van der Waals surface area (Å²) in [6.07, 6.45) is 0. The highest BCUT2D eigenvalue weighted by molar-refractivity contribution is 14.1. The molecule has 0 bridgehead atoms. The summed E-state index contributed by atoms with van der Waals surface area (Å²) in [7, 11) is 1.68. The minimum Gasteiger partial charge on any atom is -0.383 e. The highest BCUT2D eigenvalue weighted by Gasteiger charge is 2.10. The van der Waals surface area contributed by atoms with Crippen molar-refractivity contribution in [2.45, 2.75) is 3.92 Å². The first-order chi connectivity index (χ1) is 6.15. The number of methoxy groups -OCH3 is 1.